The average Bonchev–Trinajstić information content (AvgIpc) is 2.25. The Morgan fingerprint density at radius 2 is 1.88 bits per heavy atom. The third-order valence-corrected chi connectivity index (χ3v) is 2.72. The number of rotatable bonds is 5. The van der Waals surface area contributed by atoms with Crippen molar-refractivity contribution in [3.05, 3.63) is 29.8 Å². The predicted octanol–water partition coefficient (Wildman–Crippen LogP) is 2.34. The molecule has 0 saturated heterocycles. The molecule has 0 aliphatic rings. The van der Waals surface area contributed by atoms with E-state index in [2.05, 4.69) is 0 Å². The summed E-state index contributed by atoms with van der Waals surface area (Å²) in [6.07, 6.45) is 0.239. The second-order valence-electron chi connectivity index (χ2n) is 5.15. The molecular formula is C14H23NO2. The van der Waals surface area contributed by atoms with E-state index >= 15 is 0 Å². The highest BCUT2D eigenvalue weighted by Crippen LogP contribution is 2.28. The van der Waals surface area contributed by atoms with Gasteiger partial charge < -0.3 is 15.1 Å². The molecular weight excluding hydrogens is 214 g/mol. The molecule has 0 aliphatic heterocycles. The number of anilines is 1. The van der Waals surface area contributed by atoms with Crippen molar-refractivity contribution in [2.75, 3.05) is 18.5 Å². The summed E-state index contributed by atoms with van der Waals surface area (Å²) >= 11 is 0. The van der Waals surface area contributed by atoms with Crippen LogP contribution in [0.1, 0.15) is 38.9 Å². The highest BCUT2D eigenvalue weighted by Gasteiger charge is 2.19. The summed E-state index contributed by atoms with van der Waals surface area (Å²) in [6.45, 7) is 6.04. The SMILES string of the molecule is CCC(O)c1ccccc1N(C)CC(C)(C)O. The lowest BCUT2D eigenvalue weighted by Crippen LogP contribution is -2.36. The molecule has 0 radical (unpaired) electrons. The third kappa shape index (κ3) is 4.02. The van der Waals surface area contributed by atoms with Crippen LogP contribution in [0, 0.1) is 0 Å². The van der Waals surface area contributed by atoms with Crippen molar-refractivity contribution in [1.82, 2.24) is 0 Å². The molecule has 0 heterocycles. The summed E-state index contributed by atoms with van der Waals surface area (Å²) in [5.41, 5.74) is 1.14. The fraction of sp³-hybridized carbons (Fsp3) is 0.571. The third-order valence-electron chi connectivity index (χ3n) is 2.72. The Hall–Kier alpha value is -1.06. The van der Waals surface area contributed by atoms with E-state index in [1.165, 1.54) is 0 Å². The van der Waals surface area contributed by atoms with E-state index in [-0.39, 0.29) is 0 Å². The molecule has 0 saturated carbocycles. The Morgan fingerprint density at radius 1 is 1.29 bits per heavy atom. The molecule has 1 aromatic rings. The van der Waals surface area contributed by atoms with Crippen molar-refractivity contribution in [1.29, 1.82) is 0 Å². The molecule has 0 spiro atoms. The smallest absolute Gasteiger partial charge is 0.0807 e. The number of hydrogen-bond donors (Lipinski definition) is 2. The Morgan fingerprint density at radius 3 is 2.41 bits per heavy atom. The summed E-state index contributed by atoms with van der Waals surface area (Å²) in [6, 6.07) is 7.78. The number of para-hydroxylation sites is 1. The first-order valence-corrected chi connectivity index (χ1v) is 6.05. The van der Waals surface area contributed by atoms with Crippen molar-refractivity contribution in [2.24, 2.45) is 0 Å². The average molecular weight is 237 g/mol. The second-order valence-corrected chi connectivity index (χ2v) is 5.15. The van der Waals surface area contributed by atoms with Gasteiger partial charge in [0.1, 0.15) is 0 Å². The molecule has 2 N–H and O–H groups in total. The molecule has 0 fully saturated rings. The predicted molar refractivity (Wildman–Crippen MR) is 71.3 cm³/mol. The van der Waals surface area contributed by atoms with Crippen LogP contribution in [0.15, 0.2) is 24.3 Å². The van der Waals surface area contributed by atoms with Crippen molar-refractivity contribution in [3.8, 4) is 0 Å². The van der Waals surface area contributed by atoms with Crippen LogP contribution in [0.2, 0.25) is 0 Å². The molecule has 3 heteroatoms. The van der Waals surface area contributed by atoms with Gasteiger partial charge >= 0.3 is 0 Å². The van der Waals surface area contributed by atoms with Crippen LogP contribution in [0.4, 0.5) is 5.69 Å². The highest BCUT2D eigenvalue weighted by molar-refractivity contribution is 5.54. The zero-order valence-corrected chi connectivity index (χ0v) is 11.1. The number of aliphatic hydroxyl groups excluding tert-OH is 1. The maximum absolute atomic E-state index is 9.97. The molecule has 17 heavy (non-hydrogen) atoms. The second kappa shape index (κ2) is 5.52. The molecule has 0 bridgehead atoms. The summed E-state index contributed by atoms with van der Waals surface area (Å²) in [7, 11) is 1.93. The summed E-state index contributed by atoms with van der Waals surface area (Å²) in [5.74, 6) is 0. The van der Waals surface area contributed by atoms with E-state index < -0.39 is 11.7 Å². The van der Waals surface area contributed by atoms with E-state index in [1.54, 1.807) is 13.8 Å². The van der Waals surface area contributed by atoms with Gasteiger partial charge in [0.2, 0.25) is 0 Å². The van der Waals surface area contributed by atoms with Crippen LogP contribution in [0.25, 0.3) is 0 Å². The van der Waals surface area contributed by atoms with Crippen LogP contribution in [0.5, 0.6) is 0 Å². The monoisotopic (exact) mass is 237 g/mol. The lowest BCUT2D eigenvalue weighted by atomic mass is 10.0. The van der Waals surface area contributed by atoms with E-state index in [0.717, 1.165) is 11.3 Å². The minimum absolute atomic E-state index is 0.449. The van der Waals surface area contributed by atoms with Crippen LogP contribution in [-0.2, 0) is 0 Å². The maximum Gasteiger partial charge on any atom is 0.0807 e. The van der Waals surface area contributed by atoms with Crippen LogP contribution in [0.3, 0.4) is 0 Å². The van der Waals surface area contributed by atoms with Crippen LogP contribution >= 0.6 is 0 Å². The van der Waals surface area contributed by atoms with Crippen molar-refractivity contribution in [3.63, 3.8) is 0 Å². The Balaban J connectivity index is 2.97. The number of likely N-dealkylation sites (N-methyl/N-ethyl adjacent to an activating group) is 1. The Labute approximate surface area is 104 Å². The largest absolute Gasteiger partial charge is 0.389 e. The minimum Gasteiger partial charge on any atom is -0.389 e. The highest BCUT2D eigenvalue weighted by atomic mass is 16.3. The van der Waals surface area contributed by atoms with Gasteiger partial charge in [0.15, 0.2) is 0 Å². The molecule has 0 aliphatic carbocycles. The first-order chi connectivity index (χ1) is 7.85. The van der Waals surface area contributed by atoms with Gasteiger partial charge in [-0.25, -0.2) is 0 Å². The zero-order chi connectivity index (χ0) is 13.1. The summed E-state index contributed by atoms with van der Waals surface area (Å²) < 4.78 is 0. The summed E-state index contributed by atoms with van der Waals surface area (Å²) in [5, 5.41) is 19.8. The zero-order valence-electron chi connectivity index (χ0n) is 11.1. The quantitative estimate of drug-likeness (QED) is 0.826. The maximum atomic E-state index is 9.97. The fourth-order valence-corrected chi connectivity index (χ4v) is 2.00. The molecule has 3 nitrogen and oxygen atoms in total. The molecule has 1 aromatic carbocycles. The Bertz CT molecular complexity index is 357. The van der Waals surface area contributed by atoms with Crippen LogP contribution in [-0.4, -0.2) is 29.4 Å². The molecule has 96 valence electrons. The molecule has 1 rings (SSSR count). The van der Waals surface area contributed by atoms with Gasteiger partial charge in [0.25, 0.3) is 0 Å². The molecule has 0 amide bonds. The van der Waals surface area contributed by atoms with Crippen molar-refractivity contribution in [2.45, 2.75) is 38.9 Å². The Kier molecular flexibility index (Phi) is 4.54. The standard InChI is InChI=1S/C14H23NO2/c1-5-13(16)11-8-6-7-9-12(11)15(4)10-14(2,3)17/h6-9,13,16-17H,5,10H2,1-4H3. The number of hydrogen-bond acceptors (Lipinski definition) is 3. The van der Waals surface area contributed by atoms with Gasteiger partial charge in [0, 0.05) is 24.8 Å². The van der Waals surface area contributed by atoms with E-state index in [0.29, 0.717) is 13.0 Å². The van der Waals surface area contributed by atoms with Gasteiger partial charge in [-0.2, -0.15) is 0 Å². The summed E-state index contributed by atoms with van der Waals surface area (Å²) in [4.78, 5) is 1.98. The number of aliphatic hydroxyl groups is 2. The van der Waals surface area contributed by atoms with Gasteiger partial charge in [-0.15, -0.1) is 0 Å². The first-order valence-electron chi connectivity index (χ1n) is 6.05. The number of benzene rings is 1. The van der Waals surface area contributed by atoms with Crippen molar-refractivity contribution >= 4 is 5.69 Å². The normalized spacial score (nSPS) is 13.5. The van der Waals surface area contributed by atoms with Gasteiger partial charge in [-0.3, -0.25) is 0 Å². The molecule has 1 unspecified atom stereocenters. The van der Waals surface area contributed by atoms with Gasteiger partial charge in [0.05, 0.1) is 11.7 Å². The number of nitrogens with zero attached hydrogens (tertiary/aromatic N) is 1. The van der Waals surface area contributed by atoms with E-state index in [1.807, 2.05) is 43.1 Å². The molecule has 0 aromatic heterocycles. The first kappa shape index (κ1) is 14.0. The van der Waals surface area contributed by atoms with E-state index in [9.17, 15) is 10.2 Å². The lowest BCUT2D eigenvalue weighted by molar-refractivity contribution is 0.0883. The van der Waals surface area contributed by atoms with Gasteiger partial charge in [-0.05, 0) is 26.3 Å². The van der Waals surface area contributed by atoms with Gasteiger partial charge in [-0.1, -0.05) is 25.1 Å². The minimum atomic E-state index is -0.751. The molecule has 1 atom stereocenters. The van der Waals surface area contributed by atoms with Crippen LogP contribution < -0.4 is 4.90 Å². The lowest BCUT2D eigenvalue weighted by Gasteiger charge is -2.29. The topological polar surface area (TPSA) is 43.7 Å². The van der Waals surface area contributed by atoms with Crippen molar-refractivity contribution < 1.29 is 10.2 Å². The fourth-order valence-electron chi connectivity index (χ4n) is 2.00. The van der Waals surface area contributed by atoms with E-state index in [4.69, 9.17) is 0 Å².